The fourth-order valence-electron chi connectivity index (χ4n) is 4.04. The minimum Gasteiger partial charge on any atom is -0.394 e. The number of hydrogen-bond donors (Lipinski definition) is 1. The summed E-state index contributed by atoms with van der Waals surface area (Å²) in [6.07, 6.45) is -0.308. The lowest BCUT2D eigenvalue weighted by molar-refractivity contribution is -0.127. The molecule has 2 N–H and O–H groups in total. The van der Waals surface area contributed by atoms with Crippen LogP contribution in [0, 0.1) is 11.3 Å². The number of rotatable bonds is 7. The Balaban J connectivity index is 2.14. The van der Waals surface area contributed by atoms with E-state index >= 15 is 0 Å². The van der Waals surface area contributed by atoms with Crippen LogP contribution in [0.4, 0.5) is 13.2 Å². The van der Waals surface area contributed by atoms with E-state index in [1.54, 1.807) is 48.2 Å². The Kier molecular flexibility index (Phi) is 8.71. The van der Waals surface area contributed by atoms with Gasteiger partial charge in [0.15, 0.2) is 0 Å². The number of benzene rings is 1. The Hall–Kier alpha value is -3.42. The zero-order valence-electron chi connectivity index (χ0n) is 20.3. The third-order valence-electron chi connectivity index (χ3n) is 5.73. The highest BCUT2D eigenvalue weighted by atomic mass is 32.1. The van der Waals surface area contributed by atoms with E-state index < -0.39 is 17.8 Å². The van der Waals surface area contributed by atoms with Gasteiger partial charge >= 0.3 is 6.18 Å². The van der Waals surface area contributed by atoms with Crippen LogP contribution in [-0.2, 0) is 11.3 Å². The summed E-state index contributed by atoms with van der Waals surface area (Å²) in [4.78, 5) is 21.9. The normalized spacial score (nSPS) is 16.9. The van der Waals surface area contributed by atoms with Crippen molar-refractivity contribution in [3.05, 3.63) is 74.6 Å². The molecule has 190 valence electrons. The first-order valence-corrected chi connectivity index (χ1v) is 12.2. The van der Waals surface area contributed by atoms with Gasteiger partial charge in [-0.25, -0.2) is 0 Å². The molecule has 0 spiro atoms. The van der Waals surface area contributed by atoms with Gasteiger partial charge < -0.3 is 15.5 Å². The number of alkyl halides is 3. The second-order valence-corrected chi connectivity index (χ2v) is 9.71. The Morgan fingerprint density at radius 3 is 2.69 bits per heavy atom. The average molecular weight is 516 g/mol. The molecule has 6 nitrogen and oxygen atoms in total. The van der Waals surface area contributed by atoms with Crippen LogP contribution >= 0.6 is 11.3 Å². The molecule has 0 saturated heterocycles. The highest BCUT2D eigenvalue weighted by molar-refractivity contribution is 7.12. The Bertz CT molecular complexity index is 1240. The molecule has 0 bridgehead atoms. The molecule has 1 aliphatic heterocycles. The van der Waals surface area contributed by atoms with E-state index in [2.05, 4.69) is 11.1 Å². The van der Waals surface area contributed by atoms with E-state index in [1.165, 1.54) is 17.4 Å². The molecule has 1 amide bonds. The van der Waals surface area contributed by atoms with Gasteiger partial charge in [0.2, 0.25) is 5.91 Å². The van der Waals surface area contributed by atoms with E-state index in [0.717, 1.165) is 16.7 Å². The van der Waals surface area contributed by atoms with Gasteiger partial charge in [-0.2, -0.15) is 18.4 Å². The molecule has 3 rings (SSSR count). The number of nitrogens with two attached hydrogens (primary N) is 1. The first-order valence-electron chi connectivity index (χ1n) is 11.4. The maximum Gasteiger partial charge on any atom is 0.431 e. The molecule has 1 atom stereocenters. The van der Waals surface area contributed by atoms with E-state index in [-0.39, 0.29) is 18.0 Å². The Morgan fingerprint density at radius 2 is 2.06 bits per heavy atom. The van der Waals surface area contributed by atoms with E-state index in [4.69, 9.17) is 5.73 Å². The molecule has 2 aromatic rings. The van der Waals surface area contributed by atoms with Gasteiger partial charge in [-0.05, 0) is 43.8 Å². The monoisotopic (exact) mass is 515 g/mol. The van der Waals surface area contributed by atoms with Crippen molar-refractivity contribution in [3.8, 4) is 6.07 Å². The van der Waals surface area contributed by atoms with Crippen LogP contribution < -0.4 is 5.73 Å². The summed E-state index contributed by atoms with van der Waals surface area (Å²) in [6, 6.07) is 10.6. The van der Waals surface area contributed by atoms with Crippen molar-refractivity contribution in [1.29, 1.82) is 5.26 Å². The Morgan fingerprint density at radius 1 is 1.33 bits per heavy atom. The van der Waals surface area contributed by atoms with Crippen LogP contribution in [0.3, 0.4) is 0 Å². The van der Waals surface area contributed by atoms with Crippen molar-refractivity contribution in [2.45, 2.75) is 25.6 Å². The number of allylic oxidation sites excluding steroid dienone is 2. The van der Waals surface area contributed by atoms with E-state index in [1.807, 2.05) is 19.0 Å². The number of amides is 1. The lowest BCUT2D eigenvalue weighted by atomic mass is 9.83. The Labute approximate surface area is 212 Å². The molecule has 0 unspecified atom stereocenters. The number of halogens is 3. The zero-order valence-corrected chi connectivity index (χ0v) is 21.2. The van der Waals surface area contributed by atoms with Gasteiger partial charge in [-0.1, -0.05) is 30.3 Å². The van der Waals surface area contributed by atoms with E-state index in [9.17, 15) is 23.2 Å². The molecule has 0 saturated carbocycles. The number of nitrogens with zero attached hydrogens (tertiary/aromatic N) is 4. The van der Waals surface area contributed by atoms with Crippen molar-refractivity contribution < 1.29 is 18.0 Å². The fraction of sp³-hybridized carbons (Fsp3) is 0.346. The fourth-order valence-corrected chi connectivity index (χ4v) is 5.08. The predicted molar refractivity (Wildman–Crippen MR) is 137 cm³/mol. The number of likely N-dealkylation sites (N-methyl/N-ethyl adjacent to an activating group) is 1. The quantitative estimate of drug-likeness (QED) is 0.434. The maximum absolute atomic E-state index is 13.7. The molecular formula is C26H28F3N5OS. The van der Waals surface area contributed by atoms with Gasteiger partial charge in [-0.15, -0.1) is 11.3 Å². The summed E-state index contributed by atoms with van der Waals surface area (Å²) in [6.45, 7) is 3.19. The van der Waals surface area contributed by atoms with Crippen molar-refractivity contribution in [3.63, 3.8) is 0 Å². The van der Waals surface area contributed by atoms with Crippen LogP contribution in [-0.4, -0.2) is 61.8 Å². The van der Waals surface area contributed by atoms with Gasteiger partial charge in [0.05, 0.1) is 6.54 Å². The summed E-state index contributed by atoms with van der Waals surface area (Å²) in [7, 11) is 3.78. The van der Waals surface area contributed by atoms with Crippen molar-refractivity contribution in [1.82, 2.24) is 9.80 Å². The molecule has 36 heavy (non-hydrogen) atoms. The zero-order chi connectivity index (χ0) is 26.5. The number of carbonyl (C=O) groups is 1. The number of carbonyl (C=O) groups excluding carboxylic acids is 1. The standard InChI is InChI=1S/C26H28F3N5OS/c1-4-32-14-21(25(31)26(27,28)29)18-8-5-6-9-19(18)22-15-34(24(35)10-7-11-33(2)3)16-23-20(22)12-17(13-30)36-23/h5-10,12,14,22H,4,11,15-16,31H2,1-3H3/b10-7+,25-21?,32-14?/t22-/m0/s1. The van der Waals surface area contributed by atoms with Crippen molar-refractivity contribution in [2.24, 2.45) is 10.7 Å². The summed E-state index contributed by atoms with van der Waals surface area (Å²) >= 11 is 1.29. The highest BCUT2D eigenvalue weighted by Gasteiger charge is 2.36. The van der Waals surface area contributed by atoms with Gasteiger partial charge in [0, 0.05) is 48.3 Å². The second kappa shape index (κ2) is 11.5. The van der Waals surface area contributed by atoms with Gasteiger partial charge in [0.25, 0.3) is 0 Å². The maximum atomic E-state index is 13.7. The summed E-state index contributed by atoms with van der Waals surface area (Å²) in [5.41, 5.74) is 5.85. The smallest absolute Gasteiger partial charge is 0.394 e. The average Bonchev–Trinajstić information content (AvgIpc) is 3.26. The number of thiophene rings is 1. The molecule has 0 fully saturated rings. The van der Waals surface area contributed by atoms with Crippen LogP contribution in [0.25, 0.3) is 5.57 Å². The SMILES string of the molecule is CCN=CC(=C(N)C(F)(F)F)c1ccccc1[C@@H]1CN(C(=O)/C=C/CN(C)C)Cc2sc(C#N)cc21. The molecule has 1 aliphatic rings. The van der Waals surface area contributed by atoms with Crippen molar-refractivity contribution >= 4 is 29.0 Å². The second-order valence-electron chi connectivity index (χ2n) is 8.58. The molecule has 0 radical (unpaired) electrons. The topological polar surface area (TPSA) is 85.7 Å². The summed E-state index contributed by atoms with van der Waals surface area (Å²) < 4.78 is 41.0. The van der Waals surface area contributed by atoms with Crippen LogP contribution in [0.5, 0.6) is 0 Å². The summed E-state index contributed by atoms with van der Waals surface area (Å²) in [5.74, 6) is -0.643. The molecule has 10 heteroatoms. The minimum absolute atomic E-state index is 0.199. The van der Waals surface area contributed by atoms with Crippen molar-refractivity contribution in [2.75, 3.05) is 33.7 Å². The molecule has 1 aromatic heterocycles. The predicted octanol–water partition coefficient (Wildman–Crippen LogP) is 4.53. The van der Waals surface area contributed by atoms with Crippen LogP contribution in [0.15, 0.2) is 53.2 Å². The minimum atomic E-state index is -4.74. The first-order chi connectivity index (χ1) is 17.1. The van der Waals surface area contributed by atoms with Crippen LogP contribution in [0.2, 0.25) is 0 Å². The molecule has 1 aromatic carbocycles. The molecule has 0 aliphatic carbocycles. The molecule has 2 heterocycles. The number of aliphatic imine (C=N–C) groups is 1. The van der Waals surface area contributed by atoms with E-state index in [0.29, 0.717) is 35.6 Å². The largest absolute Gasteiger partial charge is 0.431 e. The highest BCUT2D eigenvalue weighted by Crippen LogP contribution is 2.41. The number of nitriles is 1. The van der Waals surface area contributed by atoms with Gasteiger partial charge in [-0.3, -0.25) is 9.79 Å². The third kappa shape index (κ3) is 6.22. The van der Waals surface area contributed by atoms with Crippen LogP contribution in [0.1, 0.15) is 39.3 Å². The lowest BCUT2D eigenvalue weighted by Gasteiger charge is -2.33. The first kappa shape index (κ1) is 27.2. The van der Waals surface area contributed by atoms with Gasteiger partial charge in [0.1, 0.15) is 16.6 Å². The molecular weight excluding hydrogens is 487 g/mol. The number of hydrogen-bond acceptors (Lipinski definition) is 6. The lowest BCUT2D eigenvalue weighted by Crippen LogP contribution is -2.37. The number of fused-ring (bicyclic) bond motifs is 1. The third-order valence-corrected chi connectivity index (χ3v) is 6.77. The summed E-state index contributed by atoms with van der Waals surface area (Å²) in [5, 5.41) is 9.49.